The summed E-state index contributed by atoms with van der Waals surface area (Å²) in [6.07, 6.45) is 0. The smallest absolute Gasteiger partial charge is 0.207 e. The van der Waals surface area contributed by atoms with Gasteiger partial charge in [-0.25, -0.2) is 8.42 Å². The lowest BCUT2D eigenvalue weighted by atomic mass is 10.2. The molecular weight excluding hydrogens is 255 g/mol. The predicted octanol–water partition coefficient (Wildman–Crippen LogP) is 3.01. The van der Waals surface area contributed by atoms with Gasteiger partial charge in [-0.2, -0.15) is 0 Å². The lowest BCUT2D eigenvalue weighted by molar-refractivity contribution is 0.609. The Balaban J connectivity index is 3.47. The quantitative estimate of drug-likeness (QED) is 0.604. The summed E-state index contributed by atoms with van der Waals surface area (Å²) in [5.74, 6) is 0.0148. The lowest BCUT2D eigenvalue weighted by Gasteiger charge is -2.04. The lowest BCUT2D eigenvalue weighted by Crippen LogP contribution is -1.96. The second-order valence-corrected chi connectivity index (χ2v) is 5.50. The van der Waals surface area contributed by atoms with E-state index in [-0.39, 0.29) is 10.8 Å². The number of halogens is 3. The average Bonchev–Trinajstić information content (AvgIpc) is 2.02. The molecule has 0 unspecified atom stereocenters. The average molecular weight is 260 g/mol. The van der Waals surface area contributed by atoms with E-state index in [1.165, 1.54) is 12.1 Å². The van der Waals surface area contributed by atoms with E-state index >= 15 is 0 Å². The van der Waals surface area contributed by atoms with E-state index in [9.17, 15) is 8.42 Å². The van der Waals surface area contributed by atoms with Crippen LogP contribution in [-0.2, 0) is 14.9 Å². The summed E-state index contributed by atoms with van der Waals surface area (Å²) in [6.45, 7) is 0. The van der Waals surface area contributed by atoms with Crippen LogP contribution in [-0.4, -0.2) is 8.42 Å². The van der Waals surface area contributed by atoms with Crippen LogP contribution in [0.2, 0.25) is 5.02 Å². The first-order chi connectivity index (χ1) is 5.96. The Bertz CT molecular complexity index is 414. The van der Waals surface area contributed by atoms with Crippen LogP contribution in [0.3, 0.4) is 0 Å². The largest absolute Gasteiger partial charge is 0.261 e. The van der Waals surface area contributed by atoms with Gasteiger partial charge in [0.05, 0.1) is 10.8 Å². The van der Waals surface area contributed by atoms with Crippen molar-refractivity contribution in [2.75, 3.05) is 0 Å². The third kappa shape index (κ3) is 2.50. The number of hydrogen-bond acceptors (Lipinski definition) is 2. The minimum absolute atomic E-state index is 0.0148. The van der Waals surface area contributed by atoms with E-state index < -0.39 is 9.05 Å². The summed E-state index contributed by atoms with van der Waals surface area (Å²) in [7, 11) is 1.40. The van der Waals surface area contributed by atoms with Crippen molar-refractivity contribution in [2.45, 2.75) is 10.8 Å². The molecule has 0 saturated carbocycles. The second kappa shape index (κ2) is 4.05. The van der Waals surface area contributed by atoms with Crippen LogP contribution in [0.15, 0.2) is 23.1 Å². The van der Waals surface area contributed by atoms with Gasteiger partial charge in [0.2, 0.25) is 0 Å². The molecule has 2 nitrogen and oxygen atoms in total. The fourth-order valence-electron chi connectivity index (χ4n) is 0.897. The molecule has 1 rings (SSSR count). The van der Waals surface area contributed by atoms with Crippen LogP contribution in [0.4, 0.5) is 0 Å². The number of benzene rings is 1. The molecule has 13 heavy (non-hydrogen) atoms. The van der Waals surface area contributed by atoms with Gasteiger partial charge in [0, 0.05) is 21.3 Å². The molecule has 0 heterocycles. The van der Waals surface area contributed by atoms with E-state index in [2.05, 4.69) is 0 Å². The third-order valence-electron chi connectivity index (χ3n) is 1.47. The minimum atomic E-state index is -3.76. The molecule has 0 spiro atoms. The zero-order valence-electron chi connectivity index (χ0n) is 6.30. The van der Waals surface area contributed by atoms with Crippen LogP contribution < -0.4 is 0 Å². The molecule has 0 N–H and O–H groups in total. The van der Waals surface area contributed by atoms with Gasteiger partial charge in [0.15, 0.2) is 0 Å². The highest BCUT2D eigenvalue weighted by molar-refractivity contribution is 8.13. The minimum Gasteiger partial charge on any atom is -0.207 e. The van der Waals surface area contributed by atoms with Crippen LogP contribution in [0.25, 0.3) is 0 Å². The van der Waals surface area contributed by atoms with Gasteiger partial charge >= 0.3 is 0 Å². The van der Waals surface area contributed by atoms with Crippen molar-refractivity contribution in [3.05, 3.63) is 28.8 Å². The van der Waals surface area contributed by atoms with Crippen molar-refractivity contribution in [1.29, 1.82) is 0 Å². The fraction of sp³-hybridized carbons (Fsp3) is 0.143. The van der Waals surface area contributed by atoms with Gasteiger partial charge in [-0.3, -0.25) is 0 Å². The Morgan fingerprint density at radius 2 is 1.92 bits per heavy atom. The topological polar surface area (TPSA) is 34.1 Å². The van der Waals surface area contributed by atoms with Crippen molar-refractivity contribution in [3.63, 3.8) is 0 Å². The van der Waals surface area contributed by atoms with Gasteiger partial charge in [-0.15, -0.1) is 11.6 Å². The Hall–Kier alpha value is 0.0400. The van der Waals surface area contributed by atoms with Crippen LogP contribution >= 0.6 is 33.9 Å². The summed E-state index contributed by atoms with van der Waals surface area (Å²) in [5.41, 5.74) is 0.334. The molecule has 0 atom stereocenters. The first-order valence-electron chi connectivity index (χ1n) is 3.25. The summed E-state index contributed by atoms with van der Waals surface area (Å²) in [4.78, 5) is -0.0309. The van der Waals surface area contributed by atoms with Gasteiger partial charge < -0.3 is 0 Å². The van der Waals surface area contributed by atoms with Crippen LogP contribution in [0, 0.1) is 0 Å². The number of alkyl halides is 1. The molecule has 1 aromatic rings. The maximum absolute atomic E-state index is 11.0. The molecule has 0 saturated heterocycles. The maximum atomic E-state index is 11.0. The second-order valence-electron chi connectivity index (χ2n) is 2.29. The number of rotatable bonds is 2. The summed E-state index contributed by atoms with van der Waals surface area (Å²) >= 11 is 11.3. The van der Waals surface area contributed by atoms with Crippen molar-refractivity contribution in [1.82, 2.24) is 0 Å². The van der Waals surface area contributed by atoms with Gasteiger partial charge in [0.1, 0.15) is 0 Å². The molecule has 0 radical (unpaired) electrons. The SMILES string of the molecule is O=S(=O)(Cl)c1cccc(Cl)c1CCl. The Labute approximate surface area is 90.8 Å². The third-order valence-corrected chi connectivity index (χ3v) is 3.50. The Morgan fingerprint density at radius 1 is 1.31 bits per heavy atom. The van der Waals surface area contributed by atoms with Crippen molar-refractivity contribution >= 4 is 42.9 Å². The van der Waals surface area contributed by atoms with Crippen molar-refractivity contribution < 1.29 is 8.42 Å². The Morgan fingerprint density at radius 3 is 2.31 bits per heavy atom. The van der Waals surface area contributed by atoms with E-state index in [1.807, 2.05) is 0 Å². The molecule has 0 fully saturated rings. The van der Waals surface area contributed by atoms with Gasteiger partial charge in [-0.1, -0.05) is 17.7 Å². The molecule has 0 aliphatic rings. The monoisotopic (exact) mass is 258 g/mol. The first kappa shape index (κ1) is 11.1. The highest BCUT2D eigenvalue weighted by atomic mass is 35.7. The summed E-state index contributed by atoms with van der Waals surface area (Å²) in [6, 6.07) is 4.43. The predicted molar refractivity (Wildman–Crippen MR) is 54.0 cm³/mol. The first-order valence-corrected chi connectivity index (χ1v) is 6.47. The maximum Gasteiger partial charge on any atom is 0.261 e. The van der Waals surface area contributed by atoms with E-state index in [0.717, 1.165) is 0 Å². The molecule has 0 aromatic heterocycles. The standard InChI is InChI=1S/C7H5Cl3O2S/c8-4-5-6(9)2-1-3-7(5)13(10,11)12/h1-3H,4H2. The zero-order chi connectivity index (χ0) is 10.1. The van der Waals surface area contributed by atoms with Crippen LogP contribution in [0.5, 0.6) is 0 Å². The molecule has 0 bridgehead atoms. The highest BCUT2D eigenvalue weighted by Gasteiger charge is 2.16. The van der Waals surface area contributed by atoms with Gasteiger partial charge in [-0.05, 0) is 12.1 Å². The van der Waals surface area contributed by atoms with Crippen molar-refractivity contribution in [3.8, 4) is 0 Å². The van der Waals surface area contributed by atoms with E-state index in [4.69, 9.17) is 33.9 Å². The molecule has 1 aromatic carbocycles. The van der Waals surface area contributed by atoms with Gasteiger partial charge in [0.25, 0.3) is 9.05 Å². The molecule has 0 amide bonds. The van der Waals surface area contributed by atoms with Crippen LogP contribution in [0.1, 0.15) is 5.56 Å². The van der Waals surface area contributed by atoms with Crippen molar-refractivity contribution in [2.24, 2.45) is 0 Å². The highest BCUT2D eigenvalue weighted by Crippen LogP contribution is 2.27. The van der Waals surface area contributed by atoms with E-state index in [1.54, 1.807) is 6.07 Å². The summed E-state index contributed by atoms with van der Waals surface area (Å²) in [5, 5.41) is 0.303. The summed E-state index contributed by atoms with van der Waals surface area (Å²) < 4.78 is 22.0. The fourth-order valence-corrected chi connectivity index (χ4v) is 2.78. The Kier molecular flexibility index (Phi) is 3.46. The zero-order valence-corrected chi connectivity index (χ0v) is 9.38. The number of hydrogen-bond donors (Lipinski definition) is 0. The molecular formula is C7H5Cl3O2S. The molecule has 72 valence electrons. The van der Waals surface area contributed by atoms with E-state index in [0.29, 0.717) is 10.6 Å². The molecule has 0 aliphatic carbocycles. The molecule has 6 heteroatoms. The normalized spacial score (nSPS) is 11.6. The molecule has 0 aliphatic heterocycles.